The molecule has 3 rings (SSSR count). The Morgan fingerprint density at radius 3 is 2.48 bits per heavy atom. The molecule has 0 aromatic heterocycles. The second-order valence-electron chi connectivity index (χ2n) is 6.72. The Kier molecular flexibility index (Phi) is 5.62. The van der Waals surface area contributed by atoms with E-state index in [1.807, 2.05) is 6.07 Å². The lowest BCUT2D eigenvalue weighted by Crippen LogP contribution is -2.07. The van der Waals surface area contributed by atoms with Crippen LogP contribution in [0.4, 0.5) is 13.2 Å². The van der Waals surface area contributed by atoms with Gasteiger partial charge < -0.3 is 0 Å². The molecule has 0 unspecified atom stereocenters. The second kappa shape index (κ2) is 7.90. The molecule has 0 saturated carbocycles. The van der Waals surface area contributed by atoms with Crippen LogP contribution in [0.25, 0.3) is 11.1 Å². The summed E-state index contributed by atoms with van der Waals surface area (Å²) in [4.78, 5) is 0. The molecular weight excluding hydrogens is 321 g/mol. The fourth-order valence-electron chi connectivity index (χ4n) is 3.50. The van der Waals surface area contributed by atoms with Crippen LogP contribution >= 0.6 is 0 Å². The van der Waals surface area contributed by atoms with E-state index in [1.54, 1.807) is 6.07 Å². The molecule has 0 fully saturated rings. The van der Waals surface area contributed by atoms with Crippen LogP contribution in [0.15, 0.2) is 42.0 Å². The van der Waals surface area contributed by atoms with E-state index in [-0.39, 0.29) is 11.1 Å². The first kappa shape index (κ1) is 17.8. The molecule has 3 heteroatoms. The summed E-state index contributed by atoms with van der Waals surface area (Å²) in [6.07, 6.45) is 9.30. The molecule has 0 bridgehead atoms. The van der Waals surface area contributed by atoms with Crippen molar-refractivity contribution >= 4 is 0 Å². The van der Waals surface area contributed by atoms with Crippen molar-refractivity contribution in [3.05, 3.63) is 70.6 Å². The van der Waals surface area contributed by atoms with Gasteiger partial charge in [-0.3, -0.25) is 0 Å². The third-order valence-corrected chi connectivity index (χ3v) is 4.95. The lowest BCUT2D eigenvalue weighted by Gasteiger charge is -2.20. The molecule has 1 aliphatic carbocycles. The number of allylic oxidation sites excluding steroid dienone is 2. The zero-order valence-electron chi connectivity index (χ0n) is 14.5. The Hall–Kier alpha value is -2.03. The van der Waals surface area contributed by atoms with Gasteiger partial charge in [0.1, 0.15) is 5.82 Å². The van der Waals surface area contributed by atoms with Gasteiger partial charge in [-0.15, -0.1) is 0 Å². The molecule has 0 saturated heterocycles. The molecule has 0 heterocycles. The zero-order chi connectivity index (χ0) is 17.8. The van der Waals surface area contributed by atoms with Crippen LogP contribution in [0.2, 0.25) is 0 Å². The topological polar surface area (TPSA) is 0 Å². The Balaban J connectivity index is 1.82. The van der Waals surface area contributed by atoms with E-state index < -0.39 is 17.5 Å². The average molecular weight is 344 g/mol. The van der Waals surface area contributed by atoms with E-state index >= 15 is 0 Å². The summed E-state index contributed by atoms with van der Waals surface area (Å²) < 4.78 is 42.4. The van der Waals surface area contributed by atoms with Crippen LogP contribution in [0.3, 0.4) is 0 Å². The van der Waals surface area contributed by atoms with Crippen LogP contribution in [-0.2, 0) is 12.8 Å². The summed E-state index contributed by atoms with van der Waals surface area (Å²) in [6, 6.07) is 7.30. The summed E-state index contributed by atoms with van der Waals surface area (Å²) in [6.45, 7) is 2.19. The van der Waals surface area contributed by atoms with Gasteiger partial charge >= 0.3 is 0 Å². The summed E-state index contributed by atoms with van der Waals surface area (Å²) in [5, 5.41) is 0. The van der Waals surface area contributed by atoms with E-state index in [0.29, 0.717) is 12.0 Å². The molecule has 1 aliphatic rings. The normalized spacial score (nSPS) is 13.5. The van der Waals surface area contributed by atoms with Crippen LogP contribution in [0, 0.1) is 17.5 Å². The van der Waals surface area contributed by atoms with E-state index in [2.05, 4.69) is 13.0 Å². The van der Waals surface area contributed by atoms with Gasteiger partial charge in [0.2, 0.25) is 0 Å². The highest BCUT2D eigenvalue weighted by atomic mass is 19.2. The molecule has 25 heavy (non-hydrogen) atoms. The number of benzene rings is 2. The van der Waals surface area contributed by atoms with Crippen LogP contribution < -0.4 is 0 Å². The molecular formula is C22H23F3. The molecule has 0 spiro atoms. The van der Waals surface area contributed by atoms with Crippen molar-refractivity contribution in [2.45, 2.75) is 51.9 Å². The van der Waals surface area contributed by atoms with Crippen LogP contribution in [-0.4, -0.2) is 0 Å². The van der Waals surface area contributed by atoms with E-state index in [1.165, 1.54) is 43.4 Å². The first-order valence-electron chi connectivity index (χ1n) is 9.04. The molecule has 132 valence electrons. The second-order valence-corrected chi connectivity index (χ2v) is 6.72. The first-order chi connectivity index (χ1) is 12.1. The average Bonchev–Trinajstić information content (AvgIpc) is 2.62. The van der Waals surface area contributed by atoms with Gasteiger partial charge in [0.25, 0.3) is 0 Å². The molecule has 0 amide bonds. The summed E-state index contributed by atoms with van der Waals surface area (Å²) in [7, 11) is 0. The van der Waals surface area contributed by atoms with Gasteiger partial charge in [-0.05, 0) is 42.9 Å². The van der Waals surface area contributed by atoms with Crippen molar-refractivity contribution in [1.29, 1.82) is 0 Å². The molecule has 0 atom stereocenters. The third kappa shape index (κ3) is 3.81. The minimum absolute atomic E-state index is 0.0188. The van der Waals surface area contributed by atoms with Gasteiger partial charge in [0, 0.05) is 11.1 Å². The predicted molar refractivity (Wildman–Crippen MR) is 96.0 cm³/mol. The number of hydrogen-bond donors (Lipinski definition) is 0. The lowest BCUT2D eigenvalue weighted by atomic mass is 9.86. The Morgan fingerprint density at radius 2 is 1.68 bits per heavy atom. The Labute approximate surface area is 147 Å². The maximum absolute atomic E-state index is 14.9. The van der Waals surface area contributed by atoms with Crippen LogP contribution in [0.5, 0.6) is 0 Å². The predicted octanol–water partition coefficient (Wildman–Crippen LogP) is 6.77. The largest absolute Gasteiger partial charge is 0.206 e. The van der Waals surface area contributed by atoms with Gasteiger partial charge in [-0.25, -0.2) is 13.2 Å². The van der Waals surface area contributed by atoms with Crippen molar-refractivity contribution in [2.24, 2.45) is 0 Å². The minimum atomic E-state index is -0.996. The highest BCUT2D eigenvalue weighted by Gasteiger charge is 2.20. The quantitative estimate of drug-likeness (QED) is 0.401. The minimum Gasteiger partial charge on any atom is -0.206 e. The van der Waals surface area contributed by atoms with E-state index in [9.17, 15) is 13.2 Å². The Morgan fingerprint density at radius 1 is 0.880 bits per heavy atom. The van der Waals surface area contributed by atoms with Gasteiger partial charge in [0.05, 0.1) is 0 Å². The fraction of sp³-hybridized carbons (Fsp3) is 0.364. The van der Waals surface area contributed by atoms with Crippen molar-refractivity contribution in [1.82, 2.24) is 0 Å². The maximum atomic E-state index is 14.9. The lowest BCUT2D eigenvalue weighted by molar-refractivity contribution is 0.510. The van der Waals surface area contributed by atoms with Gasteiger partial charge in [-0.1, -0.05) is 62.1 Å². The monoisotopic (exact) mass is 344 g/mol. The number of fused-ring (bicyclic) bond motifs is 1. The van der Waals surface area contributed by atoms with E-state index in [4.69, 9.17) is 0 Å². The molecule has 0 radical (unpaired) electrons. The summed E-state index contributed by atoms with van der Waals surface area (Å²) in [5.41, 5.74) is 3.04. The standard InChI is InChI=1S/C22H23F3/c1-2-3-4-5-7-15-10-12-17-16(14-15)11-13-19(21(17)24)18-8-6-9-20(23)22(18)25/h6,8-11,13H,2-5,7,12,14H2,1H3. The molecule has 2 aromatic rings. The smallest absolute Gasteiger partial charge is 0.166 e. The van der Waals surface area contributed by atoms with Crippen molar-refractivity contribution in [3.63, 3.8) is 0 Å². The first-order valence-corrected chi connectivity index (χ1v) is 9.04. The Bertz CT molecular complexity index is 790. The number of hydrogen-bond acceptors (Lipinski definition) is 0. The third-order valence-electron chi connectivity index (χ3n) is 4.95. The maximum Gasteiger partial charge on any atom is 0.166 e. The SMILES string of the molecule is CCCCCCC1=CCc2c(ccc(-c3cccc(F)c3F)c2F)C1. The number of unbranched alkanes of at least 4 members (excludes halogenated alkanes) is 3. The molecule has 0 nitrogen and oxygen atoms in total. The highest BCUT2D eigenvalue weighted by Crippen LogP contribution is 2.33. The number of rotatable bonds is 6. The zero-order valence-corrected chi connectivity index (χ0v) is 14.5. The molecule has 0 aliphatic heterocycles. The molecule has 2 aromatic carbocycles. The summed E-state index contributed by atoms with van der Waals surface area (Å²) >= 11 is 0. The van der Waals surface area contributed by atoms with Gasteiger partial charge in [-0.2, -0.15) is 0 Å². The highest BCUT2D eigenvalue weighted by molar-refractivity contribution is 5.67. The van der Waals surface area contributed by atoms with Crippen molar-refractivity contribution in [3.8, 4) is 11.1 Å². The molecule has 0 N–H and O–H groups in total. The number of halogens is 3. The van der Waals surface area contributed by atoms with Crippen molar-refractivity contribution in [2.75, 3.05) is 0 Å². The summed E-state index contributed by atoms with van der Waals surface area (Å²) in [5.74, 6) is -2.38. The van der Waals surface area contributed by atoms with Crippen LogP contribution in [0.1, 0.15) is 50.2 Å². The fourth-order valence-corrected chi connectivity index (χ4v) is 3.50. The van der Waals surface area contributed by atoms with E-state index in [0.717, 1.165) is 24.5 Å². The van der Waals surface area contributed by atoms with Gasteiger partial charge in [0.15, 0.2) is 11.6 Å². The van der Waals surface area contributed by atoms with Crippen molar-refractivity contribution < 1.29 is 13.2 Å².